The smallest absolute Gasteiger partial charge is 0.216 e. The maximum absolute atomic E-state index is 10.7. The van der Waals surface area contributed by atoms with E-state index in [1.54, 1.807) is 6.33 Å². The normalized spacial score (nSPS) is 10.5. The molecule has 2 rings (SSSR count). The van der Waals surface area contributed by atoms with Crippen molar-refractivity contribution in [3.8, 4) is 0 Å². The minimum Gasteiger partial charge on any atom is -0.356 e. The number of carbonyl (C=O) groups excluding carboxylic acids is 1. The van der Waals surface area contributed by atoms with Crippen molar-refractivity contribution in [2.75, 3.05) is 6.54 Å². The monoisotopic (exact) mass is 205 g/mol. The number of rotatable bonds is 3. The van der Waals surface area contributed by atoms with Crippen LogP contribution >= 0.6 is 0 Å². The highest BCUT2D eigenvalue weighted by atomic mass is 16.1. The third-order valence-corrected chi connectivity index (χ3v) is 2.03. The Labute approximate surface area is 86.2 Å². The summed E-state index contributed by atoms with van der Waals surface area (Å²) in [6, 6.07) is 0. The summed E-state index contributed by atoms with van der Waals surface area (Å²) in [5.74, 6) is -0.0395. The van der Waals surface area contributed by atoms with Crippen LogP contribution in [0, 0.1) is 0 Å². The Kier molecular flexibility index (Phi) is 2.57. The minimum absolute atomic E-state index is 0.0395. The van der Waals surface area contributed by atoms with Crippen molar-refractivity contribution < 1.29 is 4.79 Å². The van der Waals surface area contributed by atoms with E-state index in [0.29, 0.717) is 13.0 Å². The fourth-order valence-corrected chi connectivity index (χ4v) is 1.35. The molecule has 1 amide bonds. The Morgan fingerprint density at radius 2 is 2.33 bits per heavy atom. The highest BCUT2D eigenvalue weighted by Crippen LogP contribution is 2.08. The van der Waals surface area contributed by atoms with Gasteiger partial charge in [0.2, 0.25) is 5.91 Å². The van der Waals surface area contributed by atoms with Crippen LogP contribution in [0.3, 0.4) is 0 Å². The van der Waals surface area contributed by atoms with Crippen LogP contribution in [-0.4, -0.2) is 32.4 Å². The first kappa shape index (κ1) is 9.57. The molecule has 0 bridgehead atoms. The summed E-state index contributed by atoms with van der Waals surface area (Å²) in [4.78, 5) is 25.9. The summed E-state index contributed by atoms with van der Waals surface area (Å²) in [5, 5.41) is 2.71. The van der Waals surface area contributed by atoms with Gasteiger partial charge in [0.1, 0.15) is 11.8 Å². The van der Waals surface area contributed by atoms with Crippen molar-refractivity contribution in [2.24, 2.45) is 0 Å². The fraction of sp³-hybridized carbons (Fsp3) is 0.333. The zero-order chi connectivity index (χ0) is 10.7. The van der Waals surface area contributed by atoms with Crippen molar-refractivity contribution in [2.45, 2.75) is 13.3 Å². The first-order valence-electron chi connectivity index (χ1n) is 4.65. The Balaban J connectivity index is 2.13. The number of carbonyl (C=O) groups is 1. The molecular formula is C9H11N5O. The van der Waals surface area contributed by atoms with Crippen molar-refractivity contribution >= 4 is 17.1 Å². The molecule has 0 atom stereocenters. The van der Waals surface area contributed by atoms with E-state index in [9.17, 15) is 4.79 Å². The highest BCUT2D eigenvalue weighted by Gasteiger charge is 2.05. The van der Waals surface area contributed by atoms with Crippen molar-refractivity contribution in [3.05, 3.63) is 18.3 Å². The van der Waals surface area contributed by atoms with Crippen LogP contribution in [-0.2, 0) is 11.2 Å². The molecule has 6 nitrogen and oxygen atoms in total. The van der Waals surface area contributed by atoms with Gasteiger partial charge in [-0.2, -0.15) is 0 Å². The quantitative estimate of drug-likeness (QED) is 0.740. The molecule has 78 valence electrons. The molecule has 0 aromatic carbocycles. The van der Waals surface area contributed by atoms with E-state index in [-0.39, 0.29) is 5.91 Å². The average molecular weight is 205 g/mol. The van der Waals surface area contributed by atoms with E-state index < -0.39 is 0 Å². The summed E-state index contributed by atoms with van der Waals surface area (Å²) < 4.78 is 0. The Bertz CT molecular complexity index is 478. The zero-order valence-corrected chi connectivity index (χ0v) is 8.32. The van der Waals surface area contributed by atoms with E-state index in [4.69, 9.17) is 0 Å². The van der Waals surface area contributed by atoms with Gasteiger partial charge in [-0.1, -0.05) is 0 Å². The molecule has 2 heterocycles. The lowest BCUT2D eigenvalue weighted by molar-refractivity contribution is -0.118. The SMILES string of the molecule is CC(=O)NCCc1ncnc2[nH]cnc12. The maximum atomic E-state index is 10.7. The second kappa shape index (κ2) is 4.04. The number of imidazole rings is 1. The molecule has 0 aliphatic rings. The standard InChI is InChI=1S/C9H11N5O/c1-6(15)10-3-2-7-8-9(13-4-11-7)14-5-12-8/h4-5H,2-3H2,1H3,(H,10,15)(H,11,12,13,14). The van der Waals surface area contributed by atoms with Gasteiger partial charge in [-0.25, -0.2) is 15.0 Å². The topological polar surface area (TPSA) is 83.6 Å². The second-order valence-corrected chi connectivity index (χ2v) is 3.15. The number of hydrogen-bond donors (Lipinski definition) is 2. The molecule has 0 saturated heterocycles. The van der Waals surface area contributed by atoms with Gasteiger partial charge in [0, 0.05) is 19.9 Å². The van der Waals surface area contributed by atoms with E-state index in [2.05, 4.69) is 25.3 Å². The van der Waals surface area contributed by atoms with Crippen LogP contribution in [0.25, 0.3) is 11.2 Å². The second-order valence-electron chi connectivity index (χ2n) is 3.15. The number of amides is 1. The molecule has 2 N–H and O–H groups in total. The fourth-order valence-electron chi connectivity index (χ4n) is 1.35. The summed E-state index contributed by atoms with van der Waals surface area (Å²) in [7, 11) is 0. The van der Waals surface area contributed by atoms with Gasteiger partial charge in [0.05, 0.1) is 12.0 Å². The van der Waals surface area contributed by atoms with Crippen LogP contribution in [0.1, 0.15) is 12.6 Å². The van der Waals surface area contributed by atoms with Crippen LogP contribution in [0.15, 0.2) is 12.7 Å². The predicted octanol–water partition coefficient (Wildman–Crippen LogP) is 0.0315. The number of aromatic nitrogens is 4. The lowest BCUT2D eigenvalue weighted by Gasteiger charge is -2.01. The molecule has 2 aromatic rings. The highest BCUT2D eigenvalue weighted by molar-refractivity contribution is 5.73. The molecule has 0 radical (unpaired) electrons. The number of nitrogens with one attached hydrogen (secondary N) is 2. The summed E-state index contributed by atoms with van der Waals surface area (Å²) in [6.45, 7) is 2.05. The zero-order valence-electron chi connectivity index (χ0n) is 8.32. The number of nitrogens with zero attached hydrogens (tertiary/aromatic N) is 3. The third kappa shape index (κ3) is 2.09. The number of aromatic amines is 1. The lowest BCUT2D eigenvalue weighted by Crippen LogP contribution is -2.22. The predicted molar refractivity (Wildman–Crippen MR) is 54.1 cm³/mol. The molecule has 0 saturated carbocycles. The van der Waals surface area contributed by atoms with Gasteiger partial charge in [-0.3, -0.25) is 4.79 Å². The maximum Gasteiger partial charge on any atom is 0.216 e. The first-order valence-corrected chi connectivity index (χ1v) is 4.65. The minimum atomic E-state index is -0.0395. The number of hydrogen-bond acceptors (Lipinski definition) is 4. The average Bonchev–Trinajstić information content (AvgIpc) is 2.65. The van der Waals surface area contributed by atoms with E-state index in [0.717, 1.165) is 16.9 Å². The summed E-state index contributed by atoms with van der Waals surface area (Å²) in [5.41, 5.74) is 2.33. The Hall–Kier alpha value is -1.98. The molecule has 2 aromatic heterocycles. The van der Waals surface area contributed by atoms with E-state index >= 15 is 0 Å². The van der Waals surface area contributed by atoms with Crippen LogP contribution < -0.4 is 5.32 Å². The molecule has 6 heteroatoms. The Morgan fingerprint density at radius 3 is 3.13 bits per heavy atom. The van der Waals surface area contributed by atoms with E-state index in [1.807, 2.05) is 0 Å². The van der Waals surface area contributed by atoms with Gasteiger partial charge in [-0.05, 0) is 0 Å². The Morgan fingerprint density at radius 1 is 1.47 bits per heavy atom. The van der Waals surface area contributed by atoms with Crippen LogP contribution in [0.2, 0.25) is 0 Å². The summed E-state index contributed by atoms with van der Waals surface area (Å²) in [6.07, 6.45) is 3.73. The van der Waals surface area contributed by atoms with Crippen molar-refractivity contribution in [3.63, 3.8) is 0 Å². The van der Waals surface area contributed by atoms with Gasteiger partial charge in [-0.15, -0.1) is 0 Å². The summed E-state index contributed by atoms with van der Waals surface area (Å²) >= 11 is 0. The van der Waals surface area contributed by atoms with Crippen LogP contribution in [0.4, 0.5) is 0 Å². The number of fused-ring (bicyclic) bond motifs is 1. The third-order valence-electron chi connectivity index (χ3n) is 2.03. The van der Waals surface area contributed by atoms with Crippen molar-refractivity contribution in [1.29, 1.82) is 0 Å². The molecule has 15 heavy (non-hydrogen) atoms. The molecule has 0 fully saturated rings. The van der Waals surface area contributed by atoms with Gasteiger partial charge in [0.15, 0.2) is 5.65 Å². The van der Waals surface area contributed by atoms with Gasteiger partial charge < -0.3 is 10.3 Å². The number of H-pyrrole nitrogens is 1. The van der Waals surface area contributed by atoms with E-state index in [1.165, 1.54) is 13.3 Å². The van der Waals surface area contributed by atoms with Gasteiger partial charge >= 0.3 is 0 Å². The van der Waals surface area contributed by atoms with Crippen LogP contribution in [0.5, 0.6) is 0 Å². The van der Waals surface area contributed by atoms with Gasteiger partial charge in [0.25, 0.3) is 0 Å². The molecular weight excluding hydrogens is 194 g/mol. The molecule has 0 aliphatic carbocycles. The molecule has 0 spiro atoms. The lowest BCUT2D eigenvalue weighted by atomic mass is 10.2. The van der Waals surface area contributed by atoms with Crippen molar-refractivity contribution in [1.82, 2.24) is 25.3 Å². The first-order chi connectivity index (χ1) is 7.27. The largest absolute Gasteiger partial charge is 0.356 e. The molecule has 0 unspecified atom stereocenters. The molecule has 0 aliphatic heterocycles.